The van der Waals surface area contributed by atoms with Crippen LogP contribution in [0.25, 0.3) is 11.6 Å². The van der Waals surface area contributed by atoms with Crippen LogP contribution in [0.3, 0.4) is 0 Å². The molecule has 1 amide bonds. The molecule has 1 heterocycles. The molecule has 1 aromatic heterocycles. The highest BCUT2D eigenvalue weighted by molar-refractivity contribution is 7.89. The van der Waals surface area contributed by atoms with Gasteiger partial charge in [-0.1, -0.05) is 12.1 Å². The summed E-state index contributed by atoms with van der Waals surface area (Å²) >= 11 is 0. The number of methoxy groups -OCH3 is 2. The molecule has 0 radical (unpaired) electrons. The lowest BCUT2D eigenvalue weighted by molar-refractivity contribution is -0.111. The number of ether oxygens (including phenoxy) is 2. The van der Waals surface area contributed by atoms with Gasteiger partial charge in [0.05, 0.1) is 19.1 Å². The Morgan fingerprint density at radius 2 is 1.74 bits per heavy atom. The number of amides is 1. The molecule has 0 unspecified atom stereocenters. The third-order valence-electron chi connectivity index (χ3n) is 4.38. The molecule has 0 fully saturated rings. The van der Waals surface area contributed by atoms with Crippen LogP contribution in [0.5, 0.6) is 11.5 Å². The molecule has 0 spiro atoms. The summed E-state index contributed by atoms with van der Waals surface area (Å²) in [5.41, 5.74) is 2.10. The summed E-state index contributed by atoms with van der Waals surface area (Å²) in [6, 6.07) is 14.4. The summed E-state index contributed by atoms with van der Waals surface area (Å²) in [6.07, 6.45) is 4.89. The van der Waals surface area contributed by atoms with Crippen LogP contribution >= 0.6 is 0 Å². The second-order valence-corrected chi connectivity index (χ2v) is 8.00. The Labute approximate surface area is 180 Å². The van der Waals surface area contributed by atoms with E-state index < -0.39 is 15.9 Å². The monoisotopic (exact) mass is 439 g/mol. The van der Waals surface area contributed by atoms with Crippen molar-refractivity contribution in [3.05, 3.63) is 78.1 Å². The van der Waals surface area contributed by atoms with Gasteiger partial charge in [-0.3, -0.25) is 9.78 Å². The molecule has 3 N–H and O–H groups in total. The van der Waals surface area contributed by atoms with E-state index in [9.17, 15) is 13.2 Å². The quantitative estimate of drug-likeness (QED) is 0.546. The van der Waals surface area contributed by atoms with Gasteiger partial charge < -0.3 is 14.8 Å². The summed E-state index contributed by atoms with van der Waals surface area (Å²) in [4.78, 5) is 17.1. The molecule has 0 saturated carbocycles. The maximum atomic E-state index is 13.1. The maximum Gasteiger partial charge on any atom is 0.256 e. The van der Waals surface area contributed by atoms with Gasteiger partial charge in [-0.2, -0.15) is 0 Å². The van der Waals surface area contributed by atoms with Gasteiger partial charge in [0.25, 0.3) is 5.91 Å². The minimum absolute atomic E-state index is 0.0427. The van der Waals surface area contributed by atoms with Crippen molar-refractivity contribution in [3.63, 3.8) is 0 Å². The molecule has 0 atom stereocenters. The molecular formula is C22H21N3O5S. The van der Waals surface area contributed by atoms with Gasteiger partial charge in [-0.05, 0) is 54.1 Å². The van der Waals surface area contributed by atoms with E-state index in [0.29, 0.717) is 28.3 Å². The number of hydrogen-bond acceptors (Lipinski definition) is 6. The number of carbonyl (C=O) groups excluding carboxylic acids is 1. The standard InChI is InChI=1S/C22H21N3O5S/c1-29-20-10-5-15(13-21(20)30-2)12-19(16-4-3-11-24-14-16)22(26)25-17-6-8-18(9-7-17)31(23,27)28/h3-14H,1-2H3,(H,25,26)(H2,23,27,28)/b19-12-. The summed E-state index contributed by atoms with van der Waals surface area (Å²) in [7, 11) is -0.737. The van der Waals surface area contributed by atoms with Crippen molar-refractivity contribution >= 4 is 33.3 Å². The number of nitrogens with one attached hydrogen (secondary N) is 1. The number of primary sulfonamides is 1. The van der Waals surface area contributed by atoms with Crippen molar-refractivity contribution in [3.8, 4) is 11.5 Å². The van der Waals surface area contributed by atoms with E-state index in [4.69, 9.17) is 14.6 Å². The van der Waals surface area contributed by atoms with E-state index in [1.165, 1.54) is 31.4 Å². The summed E-state index contributed by atoms with van der Waals surface area (Å²) in [5.74, 6) is 0.703. The van der Waals surface area contributed by atoms with Gasteiger partial charge in [-0.15, -0.1) is 0 Å². The Hall–Kier alpha value is -3.69. The number of benzene rings is 2. The van der Waals surface area contributed by atoms with E-state index in [0.717, 1.165) is 5.56 Å². The average Bonchev–Trinajstić information content (AvgIpc) is 2.77. The first-order valence-electron chi connectivity index (χ1n) is 9.10. The van der Waals surface area contributed by atoms with Gasteiger partial charge in [-0.25, -0.2) is 13.6 Å². The highest BCUT2D eigenvalue weighted by atomic mass is 32.2. The van der Waals surface area contributed by atoms with Crippen LogP contribution < -0.4 is 19.9 Å². The molecular weight excluding hydrogens is 418 g/mol. The van der Waals surface area contributed by atoms with Crippen molar-refractivity contribution in [2.24, 2.45) is 5.14 Å². The number of carbonyl (C=O) groups is 1. The topological polar surface area (TPSA) is 121 Å². The Bertz CT molecular complexity index is 1210. The van der Waals surface area contributed by atoms with Crippen LogP contribution in [0.15, 0.2) is 71.9 Å². The molecule has 0 bridgehead atoms. The van der Waals surface area contributed by atoms with Gasteiger partial charge in [0.2, 0.25) is 10.0 Å². The largest absolute Gasteiger partial charge is 0.493 e. The fourth-order valence-corrected chi connectivity index (χ4v) is 3.35. The molecule has 0 aliphatic rings. The molecule has 8 nitrogen and oxygen atoms in total. The van der Waals surface area contributed by atoms with Crippen molar-refractivity contribution < 1.29 is 22.7 Å². The van der Waals surface area contributed by atoms with Crippen molar-refractivity contribution in [1.29, 1.82) is 0 Å². The van der Waals surface area contributed by atoms with Crippen LogP contribution in [0.2, 0.25) is 0 Å². The Kier molecular flexibility index (Phi) is 6.68. The van der Waals surface area contributed by atoms with Crippen LogP contribution in [0.1, 0.15) is 11.1 Å². The van der Waals surface area contributed by atoms with Gasteiger partial charge in [0, 0.05) is 29.2 Å². The number of nitrogens with two attached hydrogens (primary N) is 1. The van der Waals surface area contributed by atoms with Crippen molar-refractivity contribution in [2.45, 2.75) is 4.90 Å². The number of anilines is 1. The van der Waals surface area contributed by atoms with Crippen LogP contribution in [0, 0.1) is 0 Å². The highest BCUT2D eigenvalue weighted by Crippen LogP contribution is 2.29. The fraction of sp³-hybridized carbons (Fsp3) is 0.0909. The number of sulfonamides is 1. The average molecular weight is 439 g/mol. The number of aromatic nitrogens is 1. The number of pyridine rings is 1. The third kappa shape index (κ3) is 5.47. The van der Waals surface area contributed by atoms with Crippen LogP contribution in [-0.4, -0.2) is 33.5 Å². The minimum Gasteiger partial charge on any atom is -0.493 e. The van der Waals surface area contributed by atoms with E-state index in [1.807, 2.05) is 0 Å². The normalized spacial score (nSPS) is 11.6. The smallest absolute Gasteiger partial charge is 0.256 e. The first kappa shape index (κ1) is 22.0. The zero-order valence-corrected chi connectivity index (χ0v) is 17.7. The molecule has 9 heteroatoms. The van der Waals surface area contributed by atoms with Crippen LogP contribution in [-0.2, 0) is 14.8 Å². The number of rotatable bonds is 7. The second-order valence-electron chi connectivity index (χ2n) is 6.44. The first-order chi connectivity index (χ1) is 14.8. The summed E-state index contributed by atoms with van der Waals surface area (Å²) in [6.45, 7) is 0. The maximum absolute atomic E-state index is 13.1. The summed E-state index contributed by atoms with van der Waals surface area (Å²) < 4.78 is 33.4. The molecule has 3 rings (SSSR count). The van der Waals surface area contributed by atoms with Gasteiger partial charge >= 0.3 is 0 Å². The van der Waals surface area contributed by atoms with E-state index in [1.54, 1.807) is 55.9 Å². The Morgan fingerprint density at radius 1 is 1.03 bits per heavy atom. The Morgan fingerprint density at radius 3 is 2.32 bits per heavy atom. The van der Waals surface area contributed by atoms with E-state index in [-0.39, 0.29) is 4.90 Å². The lowest BCUT2D eigenvalue weighted by atomic mass is 10.0. The van der Waals surface area contributed by atoms with E-state index >= 15 is 0 Å². The van der Waals surface area contributed by atoms with Crippen molar-refractivity contribution in [2.75, 3.05) is 19.5 Å². The fourth-order valence-electron chi connectivity index (χ4n) is 2.84. The Balaban J connectivity index is 1.96. The van der Waals surface area contributed by atoms with Gasteiger partial charge in [0.15, 0.2) is 11.5 Å². The first-order valence-corrected chi connectivity index (χ1v) is 10.6. The molecule has 0 aliphatic heterocycles. The molecule has 31 heavy (non-hydrogen) atoms. The highest BCUT2D eigenvalue weighted by Gasteiger charge is 2.15. The van der Waals surface area contributed by atoms with E-state index in [2.05, 4.69) is 10.3 Å². The second kappa shape index (κ2) is 9.41. The third-order valence-corrected chi connectivity index (χ3v) is 5.31. The summed E-state index contributed by atoms with van der Waals surface area (Å²) in [5, 5.41) is 7.88. The predicted octanol–water partition coefficient (Wildman–Crippen LogP) is 2.93. The number of nitrogens with zero attached hydrogens (tertiary/aromatic N) is 1. The molecule has 0 saturated heterocycles. The number of hydrogen-bond donors (Lipinski definition) is 2. The molecule has 0 aliphatic carbocycles. The van der Waals surface area contributed by atoms with Gasteiger partial charge in [0.1, 0.15) is 0 Å². The predicted molar refractivity (Wildman–Crippen MR) is 118 cm³/mol. The zero-order chi connectivity index (χ0) is 22.4. The molecule has 160 valence electrons. The zero-order valence-electron chi connectivity index (χ0n) is 16.9. The lowest BCUT2D eigenvalue weighted by Crippen LogP contribution is -2.15. The molecule has 3 aromatic rings. The molecule has 2 aromatic carbocycles. The minimum atomic E-state index is -3.81. The van der Waals surface area contributed by atoms with Crippen LogP contribution in [0.4, 0.5) is 5.69 Å². The lowest BCUT2D eigenvalue weighted by Gasteiger charge is -2.11. The van der Waals surface area contributed by atoms with Crippen molar-refractivity contribution in [1.82, 2.24) is 4.98 Å². The SMILES string of the molecule is COc1ccc(/C=C(\C(=O)Nc2ccc(S(N)(=O)=O)cc2)c2cccnc2)cc1OC.